The second-order valence-corrected chi connectivity index (χ2v) is 4.18. The molecule has 0 fully saturated rings. The molecule has 2 rings (SSSR count). The molecular formula is C15H13FN2O. The summed E-state index contributed by atoms with van der Waals surface area (Å²) < 4.78 is 18.9. The van der Waals surface area contributed by atoms with Crippen molar-refractivity contribution in [2.45, 2.75) is 13.0 Å². The van der Waals surface area contributed by atoms with E-state index in [1.807, 2.05) is 6.07 Å². The van der Waals surface area contributed by atoms with E-state index in [0.29, 0.717) is 22.6 Å². The van der Waals surface area contributed by atoms with Gasteiger partial charge in [-0.05, 0) is 37.3 Å². The normalized spacial score (nSPS) is 11.7. The molecule has 0 heterocycles. The highest BCUT2D eigenvalue weighted by atomic mass is 19.1. The Balaban J connectivity index is 2.41. The van der Waals surface area contributed by atoms with Gasteiger partial charge in [-0.25, -0.2) is 4.39 Å². The van der Waals surface area contributed by atoms with Crippen LogP contribution in [0.25, 0.3) is 0 Å². The first kappa shape index (κ1) is 13.1. The third-order valence-electron chi connectivity index (χ3n) is 2.69. The first-order valence-electron chi connectivity index (χ1n) is 5.84. The van der Waals surface area contributed by atoms with Crippen LogP contribution in [-0.2, 0) is 0 Å². The van der Waals surface area contributed by atoms with Crippen LogP contribution in [0.1, 0.15) is 24.1 Å². The SMILES string of the molecule is CC(N)c1cc(F)ccc1Oc1ccccc1C#N. The second-order valence-electron chi connectivity index (χ2n) is 4.18. The van der Waals surface area contributed by atoms with Gasteiger partial charge in [0, 0.05) is 11.6 Å². The standard InChI is InChI=1S/C15H13FN2O/c1-10(18)13-8-12(16)6-7-15(13)19-14-5-3-2-4-11(14)9-17/h2-8,10H,18H2,1H3. The fraction of sp³-hybridized carbons (Fsp3) is 0.133. The summed E-state index contributed by atoms with van der Waals surface area (Å²) in [6, 6.07) is 12.7. The van der Waals surface area contributed by atoms with Gasteiger partial charge in [-0.3, -0.25) is 0 Å². The molecule has 96 valence electrons. The van der Waals surface area contributed by atoms with Gasteiger partial charge in [-0.15, -0.1) is 0 Å². The zero-order valence-corrected chi connectivity index (χ0v) is 10.4. The third-order valence-corrected chi connectivity index (χ3v) is 2.69. The average Bonchev–Trinajstić information content (AvgIpc) is 2.41. The van der Waals surface area contributed by atoms with Gasteiger partial charge in [0.15, 0.2) is 0 Å². The predicted octanol–water partition coefficient (Wildman–Crippen LogP) is 3.51. The molecule has 2 N–H and O–H groups in total. The number of nitrogens with two attached hydrogens (primary N) is 1. The summed E-state index contributed by atoms with van der Waals surface area (Å²) in [5, 5.41) is 9.00. The van der Waals surface area contributed by atoms with Gasteiger partial charge in [-0.2, -0.15) is 5.26 Å². The van der Waals surface area contributed by atoms with E-state index in [4.69, 9.17) is 15.7 Å². The molecule has 4 heteroatoms. The number of rotatable bonds is 3. The van der Waals surface area contributed by atoms with E-state index in [1.54, 1.807) is 31.2 Å². The Bertz CT molecular complexity index is 632. The molecule has 0 saturated carbocycles. The van der Waals surface area contributed by atoms with E-state index in [1.165, 1.54) is 18.2 Å². The molecule has 0 radical (unpaired) electrons. The fourth-order valence-electron chi connectivity index (χ4n) is 1.73. The maximum Gasteiger partial charge on any atom is 0.145 e. The highest BCUT2D eigenvalue weighted by Gasteiger charge is 2.12. The molecule has 0 aliphatic heterocycles. The topological polar surface area (TPSA) is 59.0 Å². The monoisotopic (exact) mass is 256 g/mol. The summed E-state index contributed by atoms with van der Waals surface area (Å²) >= 11 is 0. The Kier molecular flexibility index (Phi) is 3.79. The van der Waals surface area contributed by atoms with Crippen LogP contribution in [0.5, 0.6) is 11.5 Å². The van der Waals surface area contributed by atoms with Crippen LogP contribution >= 0.6 is 0 Å². The molecule has 1 unspecified atom stereocenters. The van der Waals surface area contributed by atoms with E-state index >= 15 is 0 Å². The van der Waals surface area contributed by atoms with Crippen LogP contribution in [0.4, 0.5) is 4.39 Å². The predicted molar refractivity (Wildman–Crippen MR) is 70.2 cm³/mol. The van der Waals surface area contributed by atoms with Gasteiger partial charge < -0.3 is 10.5 Å². The molecule has 3 nitrogen and oxygen atoms in total. The second kappa shape index (κ2) is 5.51. The average molecular weight is 256 g/mol. The van der Waals surface area contributed by atoms with E-state index in [2.05, 4.69) is 0 Å². The Morgan fingerprint density at radius 2 is 1.95 bits per heavy atom. The quantitative estimate of drug-likeness (QED) is 0.914. The summed E-state index contributed by atoms with van der Waals surface area (Å²) in [7, 11) is 0. The molecule has 0 bridgehead atoms. The van der Waals surface area contributed by atoms with Gasteiger partial charge in [0.05, 0.1) is 5.56 Å². The first-order valence-corrected chi connectivity index (χ1v) is 5.84. The van der Waals surface area contributed by atoms with Gasteiger partial charge in [-0.1, -0.05) is 12.1 Å². The van der Waals surface area contributed by atoms with Crippen LogP contribution in [-0.4, -0.2) is 0 Å². The number of nitrogens with zero attached hydrogens (tertiary/aromatic N) is 1. The molecule has 2 aromatic carbocycles. The summed E-state index contributed by atoms with van der Waals surface area (Å²) in [5.41, 5.74) is 6.78. The number of halogens is 1. The largest absolute Gasteiger partial charge is 0.456 e. The van der Waals surface area contributed by atoms with E-state index in [9.17, 15) is 4.39 Å². The maximum absolute atomic E-state index is 13.2. The lowest BCUT2D eigenvalue weighted by Crippen LogP contribution is -2.07. The smallest absolute Gasteiger partial charge is 0.145 e. The van der Waals surface area contributed by atoms with E-state index < -0.39 is 0 Å². The van der Waals surface area contributed by atoms with E-state index in [0.717, 1.165) is 0 Å². The summed E-state index contributed by atoms with van der Waals surface area (Å²) in [5.74, 6) is 0.519. The number of para-hydroxylation sites is 1. The summed E-state index contributed by atoms with van der Waals surface area (Å²) in [6.07, 6.45) is 0. The molecule has 0 spiro atoms. The lowest BCUT2D eigenvalue weighted by Gasteiger charge is -2.14. The molecule has 0 amide bonds. The van der Waals surface area contributed by atoms with Crippen LogP contribution in [0.3, 0.4) is 0 Å². The van der Waals surface area contributed by atoms with Crippen molar-refractivity contribution in [2.75, 3.05) is 0 Å². The lowest BCUT2D eigenvalue weighted by atomic mass is 10.1. The molecule has 0 aliphatic carbocycles. The lowest BCUT2D eigenvalue weighted by molar-refractivity contribution is 0.468. The van der Waals surface area contributed by atoms with Crippen LogP contribution in [0, 0.1) is 17.1 Å². The van der Waals surface area contributed by atoms with Gasteiger partial charge in [0.1, 0.15) is 23.4 Å². The Morgan fingerprint density at radius 1 is 1.21 bits per heavy atom. The minimum Gasteiger partial charge on any atom is -0.456 e. The van der Waals surface area contributed by atoms with Crippen molar-refractivity contribution in [1.29, 1.82) is 5.26 Å². The minimum absolute atomic E-state index is 0.361. The summed E-state index contributed by atoms with van der Waals surface area (Å²) in [4.78, 5) is 0. The van der Waals surface area contributed by atoms with Gasteiger partial charge in [0.25, 0.3) is 0 Å². The molecule has 0 aliphatic rings. The van der Waals surface area contributed by atoms with Gasteiger partial charge in [0.2, 0.25) is 0 Å². The van der Waals surface area contributed by atoms with Crippen molar-refractivity contribution in [1.82, 2.24) is 0 Å². The Morgan fingerprint density at radius 3 is 2.63 bits per heavy atom. The molecule has 1 atom stereocenters. The highest BCUT2D eigenvalue weighted by molar-refractivity contribution is 5.47. The number of nitriles is 1. The van der Waals surface area contributed by atoms with Crippen molar-refractivity contribution in [2.24, 2.45) is 5.73 Å². The van der Waals surface area contributed by atoms with Crippen molar-refractivity contribution in [3.05, 3.63) is 59.4 Å². The van der Waals surface area contributed by atoms with Crippen LogP contribution in [0.2, 0.25) is 0 Å². The Labute approximate surface area is 111 Å². The van der Waals surface area contributed by atoms with Crippen molar-refractivity contribution < 1.29 is 9.13 Å². The van der Waals surface area contributed by atoms with Crippen molar-refractivity contribution in [3.63, 3.8) is 0 Å². The Hall–Kier alpha value is -2.38. The van der Waals surface area contributed by atoms with Crippen LogP contribution < -0.4 is 10.5 Å². The third kappa shape index (κ3) is 2.90. The summed E-state index contributed by atoms with van der Waals surface area (Å²) in [6.45, 7) is 1.75. The van der Waals surface area contributed by atoms with Crippen molar-refractivity contribution in [3.8, 4) is 17.6 Å². The zero-order chi connectivity index (χ0) is 13.8. The maximum atomic E-state index is 13.2. The molecule has 0 aromatic heterocycles. The molecule has 19 heavy (non-hydrogen) atoms. The van der Waals surface area contributed by atoms with E-state index in [-0.39, 0.29) is 11.9 Å². The minimum atomic E-state index is -0.367. The fourth-order valence-corrected chi connectivity index (χ4v) is 1.73. The van der Waals surface area contributed by atoms with Crippen molar-refractivity contribution >= 4 is 0 Å². The molecule has 0 saturated heterocycles. The number of benzene rings is 2. The number of ether oxygens (including phenoxy) is 1. The number of hydrogen-bond donors (Lipinski definition) is 1. The zero-order valence-electron chi connectivity index (χ0n) is 10.4. The highest BCUT2D eigenvalue weighted by Crippen LogP contribution is 2.31. The van der Waals surface area contributed by atoms with Gasteiger partial charge >= 0.3 is 0 Å². The van der Waals surface area contributed by atoms with Crippen LogP contribution in [0.15, 0.2) is 42.5 Å². The first-order chi connectivity index (χ1) is 9.11. The molecular weight excluding hydrogens is 243 g/mol. The molecule has 2 aromatic rings. The number of hydrogen-bond acceptors (Lipinski definition) is 3.